The highest BCUT2D eigenvalue weighted by Gasteiger charge is 2.16. The smallest absolute Gasteiger partial charge is 0.242 e. The van der Waals surface area contributed by atoms with Gasteiger partial charge < -0.3 is 10.6 Å². The number of sulfonamides is 1. The normalized spacial score (nSPS) is 17.3. The topological polar surface area (TPSA) is 79.0 Å². The third-order valence-electron chi connectivity index (χ3n) is 4.06. The molecule has 128 valence electrons. The van der Waals surface area contributed by atoms with Gasteiger partial charge in [0.2, 0.25) is 10.0 Å². The average Bonchev–Trinajstić information content (AvgIpc) is 2.82. The SMILES string of the molecule is CN(C)S(=O)(=O)c1ccc(CN=C(N)N2CCCCCC2)cc1. The molecule has 7 heteroatoms. The summed E-state index contributed by atoms with van der Waals surface area (Å²) in [6.07, 6.45) is 4.83. The zero-order chi connectivity index (χ0) is 16.9. The highest BCUT2D eigenvalue weighted by Crippen LogP contribution is 2.15. The van der Waals surface area contributed by atoms with E-state index in [4.69, 9.17) is 5.73 Å². The summed E-state index contributed by atoms with van der Waals surface area (Å²) in [5, 5.41) is 0. The maximum absolute atomic E-state index is 12.0. The van der Waals surface area contributed by atoms with Crippen LogP contribution in [0.2, 0.25) is 0 Å². The Bertz CT molecular complexity index is 631. The van der Waals surface area contributed by atoms with Crippen LogP contribution < -0.4 is 5.73 Å². The van der Waals surface area contributed by atoms with E-state index in [0.717, 1.165) is 31.5 Å². The molecule has 0 unspecified atom stereocenters. The lowest BCUT2D eigenvalue weighted by Crippen LogP contribution is -2.38. The van der Waals surface area contributed by atoms with Crippen LogP contribution in [0.15, 0.2) is 34.2 Å². The Balaban J connectivity index is 2.02. The molecule has 1 saturated heterocycles. The van der Waals surface area contributed by atoms with E-state index in [9.17, 15) is 8.42 Å². The maximum Gasteiger partial charge on any atom is 0.242 e. The molecule has 2 N–H and O–H groups in total. The van der Waals surface area contributed by atoms with Gasteiger partial charge in [-0.3, -0.25) is 0 Å². The molecule has 0 radical (unpaired) electrons. The van der Waals surface area contributed by atoms with Crippen molar-refractivity contribution in [3.05, 3.63) is 29.8 Å². The van der Waals surface area contributed by atoms with Crippen LogP contribution >= 0.6 is 0 Å². The molecular weight excluding hydrogens is 312 g/mol. The summed E-state index contributed by atoms with van der Waals surface area (Å²) in [6, 6.07) is 6.80. The number of nitrogens with two attached hydrogens (primary N) is 1. The minimum atomic E-state index is -3.38. The van der Waals surface area contributed by atoms with E-state index in [0.29, 0.717) is 12.5 Å². The Morgan fingerprint density at radius 1 is 1.13 bits per heavy atom. The van der Waals surface area contributed by atoms with E-state index in [1.165, 1.54) is 31.2 Å². The van der Waals surface area contributed by atoms with Gasteiger partial charge in [0.05, 0.1) is 11.4 Å². The van der Waals surface area contributed by atoms with Crippen LogP contribution in [-0.2, 0) is 16.6 Å². The van der Waals surface area contributed by atoms with Crippen LogP contribution in [0.5, 0.6) is 0 Å². The quantitative estimate of drug-likeness (QED) is 0.668. The molecule has 1 heterocycles. The third kappa shape index (κ3) is 4.68. The van der Waals surface area contributed by atoms with Crippen LogP contribution in [0.4, 0.5) is 0 Å². The molecule has 0 bridgehead atoms. The van der Waals surface area contributed by atoms with Gasteiger partial charge in [0.15, 0.2) is 5.96 Å². The van der Waals surface area contributed by atoms with E-state index >= 15 is 0 Å². The number of aliphatic imine (C=N–C) groups is 1. The Labute approximate surface area is 139 Å². The molecule has 2 rings (SSSR count). The zero-order valence-electron chi connectivity index (χ0n) is 13.9. The summed E-state index contributed by atoms with van der Waals surface area (Å²) in [6.45, 7) is 2.40. The lowest BCUT2D eigenvalue weighted by atomic mass is 10.2. The standard InChI is InChI=1S/C16H26N4O2S/c1-19(2)23(21,22)15-9-7-14(8-10-15)13-18-16(17)20-11-5-3-4-6-12-20/h7-10H,3-6,11-13H2,1-2H3,(H2,17,18). The molecule has 0 aliphatic carbocycles. The van der Waals surface area contributed by atoms with Crippen molar-refractivity contribution in [1.29, 1.82) is 0 Å². The number of guanidine groups is 1. The zero-order valence-corrected chi connectivity index (χ0v) is 14.7. The van der Waals surface area contributed by atoms with Crippen LogP contribution in [-0.4, -0.2) is 50.8 Å². The Hall–Kier alpha value is -1.60. The number of rotatable bonds is 4. The van der Waals surface area contributed by atoms with Crippen LogP contribution in [0.3, 0.4) is 0 Å². The number of hydrogen-bond donors (Lipinski definition) is 1. The molecule has 1 aliphatic heterocycles. The maximum atomic E-state index is 12.0. The second-order valence-electron chi connectivity index (χ2n) is 6.01. The first-order chi connectivity index (χ1) is 10.9. The van der Waals surface area contributed by atoms with Gasteiger partial charge in [-0.15, -0.1) is 0 Å². The lowest BCUT2D eigenvalue weighted by molar-refractivity contribution is 0.428. The van der Waals surface area contributed by atoms with Crippen molar-refractivity contribution in [3.8, 4) is 0 Å². The predicted molar refractivity (Wildman–Crippen MR) is 92.7 cm³/mol. The first-order valence-corrected chi connectivity index (χ1v) is 9.41. The van der Waals surface area contributed by atoms with Gasteiger partial charge in [0.25, 0.3) is 0 Å². The summed E-state index contributed by atoms with van der Waals surface area (Å²) in [5.74, 6) is 0.580. The summed E-state index contributed by atoms with van der Waals surface area (Å²) >= 11 is 0. The van der Waals surface area contributed by atoms with Gasteiger partial charge in [0.1, 0.15) is 0 Å². The number of hydrogen-bond acceptors (Lipinski definition) is 3. The van der Waals surface area contributed by atoms with Gasteiger partial charge in [-0.2, -0.15) is 0 Å². The molecule has 0 aromatic heterocycles. The van der Waals surface area contributed by atoms with E-state index in [1.807, 2.05) is 0 Å². The minimum Gasteiger partial charge on any atom is -0.370 e. The summed E-state index contributed by atoms with van der Waals surface area (Å²) in [7, 11) is -0.335. The Kier molecular flexibility index (Phi) is 6.01. The van der Waals surface area contributed by atoms with Crippen molar-refractivity contribution >= 4 is 16.0 Å². The third-order valence-corrected chi connectivity index (χ3v) is 5.88. The average molecular weight is 338 g/mol. The van der Waals surface area contributed by atoms with E-state index < -0.39 is 10.0 Å². The predicted octanol–water partition coefficient (Wildman–Crippen LogP) is 1.63. The van der Waals surface area contributed by atoms with Crippen molar-refractivity contribution in [2.24, 2.45) is 10.7 Å². The van der Waals surface area contributed by atoms with Gasteiger partial charge in [-0.05, 0) is 30.5 Å². The molecular formula is C16H26N4O2S. The molecule has 0 amide bonds. The fourth-order valence-electron chi connectivity index (χ4n) is 2.55. The minimum absolute atomic E-state index is 0.288. The molecule has 1 aromatic carbocycles. The molecule has 1 aliphatic rings. The van der Waals surface area contributed by atoms with E-state index in [2.05, 4.69) is 9.89 Å². The van der Waals surface area contributed by atoms with Gasteiger partial charge in [-0.1, -0.05) is 25.0 Å². The van der Waals surface area contributed by atoms with Crippen molar-refractivity contribution in [2.45, 2.75) is 37.1 Å². The molecule has 0 spiro atoms. The Morgan fingerprint density at radius 2 is 1.70 bits per heavy atom. The van der Waals surface area contributed by atoms with Crippen molar-refractivity contribution in [3.63, 3.8) is 0 Å². The first kappa shape index (κ1) is 17.7. The summed E-state index contributed by atoms with van der Waals surface area (Å²) in [4.78, 5) is 6.87. The largest absolute Gasteiger partial charge is 0.370 e. The van der Waals surface area contributed by atoms with Gasteiger partial charge >= 0.3 is 0 Å². The van der Waals surface area contributed by atoms with Crippen molar-refractivity contribution in [2.75, 3.05) is 27.2 Å². The highest BCUT2D eigenvalue weighted by atomic mass is 32.2. The highest BCUT2D eigenvalue weighted by molar-refractivity contribution is 7.89. The monoisotopic (exact) mass is 338 g/mol. The van der Waals surface area contributed by atoms with E-state index in [-0.39, 0.29) is 4.90 Å². The fourth-order valence-corrected chi connectivity index (χ4v) is 3.45. The summed E-state index contributed by atoms with van der Waals surface area (Å²) in [5.41, 5.74) is 7.02. The molecule has 6 nitrogen and oxygen atoms in total. The van der Waals surface area contributed by atoms with Gasteiger partial charge in [-0.25, -0.2) is 17.7 Å². The molecule has 0 atom stereocenters. The van der Waals surface area contributed by atoms with E-state index in [1.54, 1.807) is 24.3 Å². The van der Waals surface area contributed by atoms with Crippen LogP contribution in [0.25, 0.3) is 0 Å². The lowest BCUT2D eigenvalue weighted by Gasteiger charge is -2.21. The molecule has 23 heavy (non-hydrogen) atoms. The van der Waals surface area contributed by atoms with Crippen LogP contribution in [0.1, 0.15) is 31.2 Å². The van der Waals surface area contributed by atoms with Crippen molar-refractivity contribution < 1.29 is 8.42 Å². The Morgan fingerprint density at radius 3 is 2.22 bits per heavy atom. The molecule has 1 fully saturated rings. The number of benzene rings is 1. The van der Waals surface area contributed by atoms with Crippen molar-refractivity contribution in [1.82, 2.24) is 9.21 Å². The second-order valence-corrected chi connectivity index (χ2v) is 8.16. The fraction of sp³-hybridized carbons (Fsp3) is 0.562. The van der Waals surface area contributed by atoms with Gasteiger partial charge in [0, 0.05) is 27.2 Å². The number of nitrogens with zero attached hydrogens (tertiary/aromatic N) is 3. The van der Waals surface area contributed by atoms with Crippen LogP contribution in [0, 0.1) is 0 Å². The molecule has 1 aromatic rings. The summed E-state index contributed by atoms with van der Waals surface area (Å²) < 4.78 is 25.2. The number of likely N-dealkylation sites (tertiary alicyclic amines) is 1. The second kappa shape index (κ2) is 7.79. The first-order valence-electron chi connectivity index (χ1n) is 7.97. The molecule has 0 saturated carbocycles.